The maximum atomic E-state index is 12.9. The highest BCUT2D eigenvalue weighted by Gasteiger charge is 2.17. The van der Waals surface area contributed by atoms with Gasteiger partial charge in [-0.05, 0) is 47.7 Å². The molecule has 0 radical (unpaired) electrons. The average molecular weight is 316 g/mol. The van der Waals surface area contributed by atoms with E-state index in [1.165, 1.54) is 30.5 Å². The molecule has 1 N–H and O–H groups in total. The molecular formula is C14H9FN4O2S. The van der Waals surface area contributed by atoms with E-state index in [-0.39, 0.29) is 16.5 Å². The predicted molar refractivity (Wildman–Crippen MR) is 79.0 cm³/mol. The lowest BCUT2D eigenvalue weighted by Gasteiger charge is -1.99. The molecule has 2 heterocycles. The number of H-pyrrole nitrogens is 1. The number of nitrogens with zero attached hydrogens (tertiary/aromatic N) is 3. The predicted octanol–water partition coefficient (Wildman–Crippen LogP) is 3.67. The summed E-state index contributed by atoms with van der Waals surface area (Å²) in [7, 11) is 0. The molecule has 0 unspecified atom stereocenters. The van der Waals surface area contributed by atoms with Gasteiger partial charge in [0.1, 0.15) is 5.82 Å². The summed E-state index contributed by atoms with van der Waals surface area (Å²) < 4.78 is 12.9. The first-order valence-electron chi connectivity index (χ1n) is 6.21. The van der Waals surface area contributed by atoms with Crippen molar-refractivity contribution < 1.29 is 9.31 Å². The van der Waals surface area contributed by atoms with Crippen LogP contribution in [0.5, 0.6) is 0 Å². The van der Waals surface area contributed by atoms with Crippen LogP contribution in [0.3, 0.4) is 0 Å². The van der Waals surface area contributed by atoms with Crippen molar-refractivity contribution >= 4 is 17.4 Å². The van der Waals surface area contributed by atoms with E-state index >= 15 is 0 Å². The minimum absolute atomic E-state index is 0.0766. The Morgan fingerprint density at radius 2 is 1.95 bits per heavy atom. The van der Waals surface area contributed by atoms with E-state index in [1.807, 2.05) is 0 Å². The SMILES string of the molecule is O=[N+]([O-])c1cccnc1Sc1ncc(-c2ccc(F)cc2)[nH]1. The van der Waals surface area contributed by atoms with Crippen LogP contribution in [0, 0.1) is 15.9 Å². The highest BCUT2D eigenvalue weighted by atomic mass is 32.2. The maximum Gasteiger partial charge on any atom is 0.301 e. The summed E-state index contributed by atoms with van der Waals surface area (Å²) in [4.78, 5) is 21.7. The van der Waals surface area contributed by atoms with Gasteiger partial charge in [0, 0.05) is 12.3 Å². The molecule has 0 aliphatic carbocycles. The molecule has 3 rings (SSSR count). The molecule has 6 nitrogen and oxygen atoms in total. The normalized spacial score (nSPS) is 10.6. The van der Waals surface area contributed by atoms with Gasteiger partial charge in [0.05, 0.1) is 16.8 Å². The third-order valence-electron chi connectivity index (χ3n) is 2.85. The molecule has 0 aliphatic rings. The molecule has 0 saturated heterocycles. The highest BCUT2D eigenvalue weighted by molar-refractivity contribution is 7.99. The topological polar surface area (TPSA) is 84.7 Å². The summed E-state index contributed by atoms with van der Waals surface area (Å²) in [5, 5.41) is 11.7. The largest absolute Gasteiger partial charge is 0.333 e. The lowest BCUT2D eigenvalue weighted by atomic mass is 10.2. The molecule has 0 fully saturated rings. The van der Waals surface area contributed by atoms with Gasteiger partial charge < -0.3 is 4.98 Å². The van der Waals surface area contributed by atoms with E-state index in [0.717, 1.165) is 17.3 Å². The molecule has 0 atom stereocenters. The van der Waals surface area contributed by atoms with Gasteiger partial charge in [-0.15, -0.1) is 0 Å². The first-order valence-corrected chi connectivity index (χ1v) is 7.03. The maximum absolute atomic E-state index is 12.9. The Labute approximate surface area is 128 Å². The fraction of sp³-hybridized carbons (Fsp3) is 0. The zero-order valence-electron chi connectivity index (χ0n) is 11.1. The highest BCUT2D eigenvalue weighted by Crippen LogP contribution is 2.32. The Balaban J connectivity index is 1.86. The first kappa shape index (κ1) is 14.2. The van der Waals surface area contributed by atoms with E-state index in [4.69, 9.17) is 0 Å². The third kappa shape index (κ3) is 2.96. The van der Waals surface area contributed by atoms with Crippen molar-refractivity contribution in [1.29, 1.82) is 0 Å². The van der Waals surface area contributed by atoms with Crippen LogP contribution < -0.4 is 0 Å². The number of rotatable bonds is 4. The standard InChI is InChI=1S/C14H9FN4O2S/c15-10-5-3-9(4-6-10)11-8-17-14(18-11)22-13-12(19(20)21)2-1-7-16-13/h1-8H,(H,17,18). The van der Waals surface area contributed by atoms with Gasteiger partial charge in [0.2, 0.25) is 0 Å². The molecule has 8 heteroatoms. The Morgan fingerprint density at radius 1 is 1.18 bits per heavy atom. The van der Waals surface area contributed by atoms with Gasteiger partial charge >= 0.3 is 5.69 Å². The van der Waals surface area contributed by atoms with Gasteiger partial charge in [-0.3, -0.25) is 10.1 Å². The lowest BCUT2D eigenvalue weighted by molar-refractivity contribution is -0.388. The molecule has 22 heavy (non-hydrogen) atoms. The van der Waals surface area contributed by atoms with E-state index in [9.17, 15) is 14.5 Å². The van der Waals surface area contributed by atoms with Crippen molar-refractivity contribution in [3.05, 3.63) is 64.7 Å². The van der Waals surface area contributed by atoms with Crippen LogP contribution in [0.1, 0.15) is 0 Å². The van der Waals surface area contributed by atoms with E-state index < -0.39 is 4.92 Å². The van der Waals surface area contributed by atoms with Crippen molar-refractivity contribution in [3.63, 3.8) is 0 Å². The number of pyridine rings is 1. The van der Waals surface area contributed by atoms with Crippen molar-refractivity contribution in [2.75, 3.05) is 0 Å². The van der Waals surface area contributed by atoms with Gasteiger partial charge in [0.15, 0.2) is 10.2 Å². The Bertz CT molecular complexity index is 820. The van der Waals surface area contributed by atoms with Crippen molar-refractivity contribution in [3.8, 4) is 11.3 Å². The fourth-order valence-corrected chi connectivity index (χ4v) is 2.63. The monoisotopic (exact) mass is 316 g/mol. The molecule has 2 aromatic heterocycles. The van der Waals surface area contributed by atoms with Gasteiger partial charge in [0.25, 0.3) is 0 Å². The van der Waals surface area contributed by atoms with Crippen molar-refractivity contribution in [2.24, 2.45) is 0 Å². The lowest BCUT2D eigenvalue weighted by Crippen LogP contribution is -1.92. The second-order valence-corrected chi connectivity index (χ2v) is 5.27. The summed E-state index contributed by atoms with van der Waals surface area (Å²) in [6, 6.07) is 8.85. The van der Waals surface area contributed by atoms with Crippen molar-refractivity contribution in [1.82, 2.24) is 15.0 Å². The van der Waals surface area contributed by atoms with E-state index in [1.54, 1.807) is 18.3 Å². The van der Waals surface area contributed by atoms with E-state index in [2.05, 4.69) is 15.0 Å². The zero-order valence-corrected chi connectivity index (χ0v) is 11.9. The number of aromatic nitrogens is 3. The molecular weight excluding hydrogens is 307 g/mol. The number of nitro groups is 1. The second-order valence-electron chi connectivity index (χ2n) is 4.30. The van der Waals surface area contributed by atoms with Crippen LogP contribution in [-0.4, -0.2) is 19.9 Å². The molecule has 0 bridgehead atoms. The molecule has 0 aliphatic heterocycles. The Morgan fingerprint density at radius 3 is 2.68 bits per heavy atom. The average Bonchev–Trinajstić information content (AvgIpc) is 2.97. The quantitative estimate of drug-likeness (QED) is 0.586. The number of hydrogen-bond donors (Lipinski definition) is 1. The summed E-state index contributed by atoms with van der Waals surface area (Å²) in [6.45, 7) is 0. The molecule has 1 aromatic carbocycles. The number of aromatic amines is 1. The second kappa shape index (κ2) is 5.94. The zero-order chi connectivity index (χ0) is 15.5. The summed E-state index contributed by atoms with van der Waals surface area (Å²) >= 11 is 1.07. The molecule has 3 aromatic rings. The number of nitrogens with one attached hydrogen (secondary N) is 1. The van der Waals surface area contributed by atoms with Crippen LogP contribution in [0.25, 0.3) is 11.3 Å². The Kier molecular flexibility index (Phi) is 3.84. The third-order valence-corrected chi connectivity index (χ3v) is 3.76. The first-order chi connectivity index (χ1) is 10.6. The molecule has 0 spiro atoms. The minimum Gasteiger partial charge on any atom is -0.333 e. The number of halogens is 1. The van der Waals surface area contributed by atoms with Crippen LogP contribution in [0.15, 0.2) is 59.0 Å². The van der Waals surface area contributed by atoms with Gasteiger partial charge in [-0.2, -0.15) is 0 Å². The summed E-state index contributed by atoms with van der Waals surface area (Å²) in [5.74, 6) is -0.318. The molecule has 0 amide bonds. The fourth-order valence-electron chi connectivity index (χ4n) is 1.82. The Hall–Kier alpha value is -2.74. The summed E-state index contributed by atoms with van der Waals surface area (Å²) in [5.41, 5.74) is 1.39. The number of imidazole rings is 1. The van der Waals surface area contributed by atoms with Crippen molar-refractivity contribution in [2.45, 2.75) is 10.2 Å². The van der Waals surface area contributed by atoms with Gasteiger partial charge in [-0.25, -0.2) is 14.4 Å². The van der Waals surface area contributed by atoms with E-state index in [0.29, 0.717) is 10.9 Å². The van der Waals surface area contributed by atoms with Crippen LogP contribution in [-0.2, 0) is 0 Å². The minimum atomic E-state index is -0.487. The summed E-state index contributed by atoms with van der Waals surface area (Å²) in [6.07, 6.45) is 3.07. The van der Waals surface area contributed by atoms with Gasteiger partial charge in [-0.1, -0.05) is 0 Å². The molecule has 0 saturated carbocycles. The number of benzene rings is 1. The number of hydrogen-bond acceptors (Lipinski definition) is 5. The molecule has 110 valence electrons. The van der Waals surface area contributed by atoms with Crippen LogP contribution in [0.4, 0.5) is 10.1 Å². The smallest absolute Gasteiger partial charge is 0.301 e. The van der Waals surface area contributed by atoms with Crippen LogP contribution >= 0.6 is 11.8 Å². The van der Waals surface area contributed by atoms with Crippen LogP contribution in [0.2, 0.25) is 0 Å².